The Kier molecular flexibility index (Phi) is 5.50. The number of rotatable bonds is 3. The zero-order valence-electron chi connectivity index (χ0n) is 18.6. The number of carbonyl (C=O) groups is 1. The van der Waals surface area contributed by atoms with E-state index in [9.17, 15) is 9.18 Å². The first kappa shape index (κ1) is 22.3. The molecule has 6 nitrogen and oxygen atoms in total. The van der Waals surface area contributed by atoms with Crippen LogP contribution in [-0.4, -0.2) is 31.5 Å². The maximum atomic E-state index is 14.2. The maximum Gasteiger partial charge on any atom is 0.283 e. The maximum absolute atomic E-state index is 14.2. The minimum absolute atomic E-state index is 0.0995. The lowest BCUT2D eigenvalue weighted by Crippen LogP contribution is -2.35. The molecule has 0 spiro atoms. The van der Waals surface area contributed by atoms with E-state index in [1.165, 1.54) is 11.1 Å². The predicted octanol–water partition coefficient (Wildman–Crippen LogP) is 5.86. The molecule has 9 heteroatoms. The summed E-state index contributed by atoms with van der Waals surface area (Å²) in [5, 5.41) is 15.5. The van der Waals surface area contributed by atoms with Crippen LogP contribution >= 0.6 is 23.4 Å². The summed E-state index contributed by atoms with van der Waals surface area (Å²) in [6, 6.07) is 13.9. The van der Waals surface area contributed by atoms with Crippen LogP contribution in [0.3, 0.4) is 0 Å². The zero-order valence-corrected chi connectivity index (χ0v) is 20.1. The van der Waals surface area contributed by atoms with E-state index in [-0.39, 0.29) is 16.6 Å². The predicted molar refractivity (Wildman–Crippen MR) is 136 cm³/mol. The van der Waals surface area contributed by atoms with Gasteiger partial charge in [0.25, 0.3) is 5.91 Å². The van der Waals surface area contributed by atoms with Gasteiger partial charge in [-0.3, -0.25) is 10.2 Å². The van der Waals surface area contributed by atoms with Gasteiger partial charge < -0.3 is 4.57 Å². The smallest absolute Gasteiger partial charge is 0.283 e. The summed E-state index contributed by atoms with van der Waals surface area (Å²) in [5.74, 6) is -1.05. The Morgan fingerprint density at radius 3 is 2.65 bits per heavy atom. The number of fused-ring (bicyclic) bond motifs is 1. The number of hydrogen-bond acceptors (Lipinski definition) is 4. The highest BCUT2D eigenvalue weighted by Crippen LogP contribution is 2.33. The molecule has 0 atom stereocenters. The fraction of sp³-hybridized carbons (Fsp3) is 0.120. The van der Waals surface area contributed by atoms with Crippen molar-refractivity contribution in [1.82, 2.24) is 9.58 Å². The number of thioether (sulfide) groups is 1. The van der Waals surface area contributed by atoms with E-state index in [0.29, 0.717) is 15.6 Å². The minimum Gasteiger partial charge on any atom is -0.318 e. The van der Waals surface area contributed by atoms with Crippen LogP contribution in [0.1, 0.15) is 28.1 Å². The second-order valence-corrected chi connectivity index (χ2v) is 9.39. The third kappa shape index (κ3) is 3.69. The number of nitrogens with one attached hydrogen (secondary N) is 1. The molecule has 0 unspecified atom stereocenters. The number of benzene rings is 2. The van der Waals surface area contributed by atoms with Crippen molar-refractivity contribution in [3.05, 3.63) is 93.0 Å². The van der Waals surface area contributed by atoms with Crippen molar-refractivity contribution in [3.8, 4) is 5.69 Å². The molecule has 1 N–H and O–H groups in total. The third-order valence-electron chi connectivity index (χ3n) is 5.74. The Balaban J connectivity index is 1.54. The molecule has 0 bridgehead atoms. The summed E-state index contributed by atoms with van der Waals surface area (Å²) >= 11 is 7.30. The lowest BCUT2D eigenvalue weighted by Gasteiger charge is -2.20. The van der Waals surface area contributed by atoms with Gasteiger partial charge >= 0.3 is 0 Å². The van der Waals surface area contributed by atoms with Gasteiger partial charge in [0, 0.05) is 27.7 Å². The summed E-state index contributed by atoms with van der Waals surface area (Å²) in [6.07, 6.45) is 1.66. The van der Waals surface area contributed by atoms with E-state index >= 15 is 0 Å². The first-order chi connectivity index (χ1) is 16.2. The van der Waals surface area contributed by atoms with E-state index in [1.54, 1.807) is 24.3 Å². The van der Waals surface area contributed by atoms with Crippen LogP contribution in [0, 0.1) is 32.0 Å². The first-order valence-corrected chi connectivity index (χ1v) is 11.6. The molecule has 0 fully saturated rings. The van der Waals surface area contributed by atoms with Crippen LogP contribution in [0.15, 0.2) is 64.2 Å². The average molecular weight is 492 g/mol. The van der Waals surface area contributed by atoms with Gasteiger partial charge in [-0.15, -0.1) is 0 Å². The molecule has 3 heterocycles. The molecule has 0 saturated heterocycles. The Hall–Kier alpha value is -3.49. The van der Waals surface area contributed by atoms with Crippen molar-refractivity contribution in [1.29, 1.82) is 5.41 Å². The number of aliphatic imine (C=N–C) groups is 1. The van der Waals surface area contributed by atoms with Crippen LogP contribution in [-0.2, 0) is 4.79 Å². The van der Waals surface area contributed by atoms with Crippen molar-refractivity contribution in [2.45, 2.75) is 20.8 Å². The molecule has 1 aromatic heterocycles. The number of nitrogens with zero attached hydrogens (tertiary/aromatic N) is 4. The molecule has 0 saturated carbocycles. The molecule has 2 aliphatic heterocycles. The van der Waals surface area contributed by atoms with Gasteiger partial charge in [0.1, 0.15) is 10.9 Å². The van der Waals surface area contributed by atoms with Gasteiger partial charge in [-0.25, -0.2) is 4.39 Å². The molecule has 170 valence electrons. The van der Waals surface area contributed by atoms with E-state index in [1.807, 2.05) is 45.0 Å². The number of amidine groups is 2. The van der Waals surface area contributed by atoms with Gasteiger partial charge in [0.15, 0.2) is 5.84 Å². The van der Waals surface area contributed by atoms with Gasteiger partial charge in [-0.05, 0) is 80.1 Å². The van der Waals surface area contributed by atoms with E-state index in [2.05, 4.69) is 14.7 Å². The second kappa shape index (κ2) is 8.38. The number of halogens is 2. The molecule has 2 aromatic carbocycles. The number of aromatic nitrogens is 1. The molecular weight excluding hydrogens is 473 g/mol. The summed E-state index contributed by atoms with van der Waals surface area (Å²) in [5.41, 5.74) is 5.08. The fourth-order valence-corrected chi connectivity index (χ4v) is 5.10. The van der Waals surface area contributed by atoms with Crippen molar-refractivity contribution in [3.63, 3.8) is 0 Å². The topological polar surface area (TPSA) is 73.8 Å². The van der Waals surface area contributed by atoms with Crippen LogP contribution < -0.4 is 0 Å². The summed E-state index contributed by atoms with van der Waals surface area (Å²) < 4.78 is 16.3. The van der Waals surface area contributed by atoms with Gasteiger partial charge in [-0.2, -0.15) is 15.1 Å². The monoisotopic (exact) mass is 491 g/mol. The Bertz CT molecular complexity index is 1490. The fourth-order valence-electron chi connectivity index (χ4n) is 4.02. The van der Waals surface area contributed by atoms with Crippen molar-refractivity contribution >= 4 is 51.4 Å². The summed E-state index contributed by atoms with van der Waals surface area (Å²) in [6.45, 7) is 5.93. The lowest BCUT2D eigenvalue weighted by molar-refractivity contribution is -0.114. The van der Waals surface area contributed by atoms with Crippen molar-refractivity contribution in [2.24, 2.45) is 10.1 Å². The molecule has 3 aromatic rings. The molecule has 0 radical (unpaired) electrons. The summed E-state index contributed by atoms with van der Waals surface area (Å²) in [4.78, 5) is 17.0. The third-order valence-corrected chi connectivity index (χ3v) is 6.92. The number of aryl methyl sites for hydroxylation is 2. The molecule has 5 rings (SSSR count). The first-order valence-electron chi connectivity index (χ1n) is 10.4. The van der Waals surface area contributed by atoms with Crippen molar-refractivity contribution < 1.29 is 9.18 Å². The Morgan fingerprint density at radius 2 is 1.88 bits per heavy atom. The minimum atomic E-state index is -0.530. The average Bonchev–Trinajstić information content (AvgIpc) is 3.33. The van der Waals surface area contributed by atoms with E-state index in [4.69, 9.17) is 17.0 Å². The number of hydrazone groups is 1. The highest BCUT2D eigenvalue weighted by atomic mass is 35.5. The summed E-state index contributed by atoms with van der Waals surface area (Å²) in [7, 11) is 0. The van der Waals surface area contributed by atoms with Crippen LogP contribution in [0.25, 0.3) is 11.8 Å². The van der Waals surface area contributed by atoms with Gasteiger partial charge in [-0.1, -0.05) is 29.8 Å². The molecule has 2 aliphatic rings. The molecular formula is C25H19ClFN5OS. The van der Waals surface area contributed by atoms with Gasteiger partial charge in [0.2, 0.25) is 5.17 Å². The van der Waals surface area contributed by atoms with Gasteiger partial charge in [0.05, 0.1) is 5.57 Å². The van der Waals surface area contributed by atoms with Crippen LogP contribution in [0.2, 0.25) is 5.02 Å². The van der Waals surface area contributed by atoms with Crippen LogP contribution in [0.4, 0.5) is 4.39 Å². The highest BCUT2D eigenvalue weighted by molar-refractivity contribution is 8.27. The lowest BCUT2D eigenvalue weighted by atomic mass is 10.1. The molecule has 0 aliphatic carbocycles. The number of carbonyl (C=O) groups excluding carboxylic acids is 1. The second-order valence-electron chi connectivity index (χ2n) is 8.00. The Morgan fingerprint density at radius 1 is 1.12 bits per heavy atom. The van der Waals surface area contributed by atoms with Crippen molar-refractivity contribution in [2.75, 3.05) is 0 Å². The molecule has 34 heavy (non-hydrogen) atoms. The van der Waals surface area contributed by atoms with E-state index < -0.39 is 11.7 Å². The number of amides is 1. The standard InChI is InChI=1S/C25H19ClFN5OS/c1-13-8-9-17(26)12-21(13)31-14(2)10-16(15(31)3)11-19-22(28)32-25(29-23(19)33)34-24(30-32)18-6-4-5-7-20(18)27/h4-12,28H,1-3H3. The number of hydrogen-bond donors (Lipinski definition) is 1. The Labute approximate surface area is 205 Å². The normalized spacial score (nSPS) is 16.7. The van der Waals surface area contributed by atoms with Crippen LogP contribution in [0.5, 0.6) is 0 Å². The largest absolute Gasteiger partial charge is 0.318 e. The zero-order chi connectivity index (χ0) is 24.1. The molecule has 1 amide bonds. The van der Waals surface area contributed by atoms with E-state index in [0.717, 1.165) is 40.0 Å². The quantitative estimate of drug-likeness (QED) is 0.466. The highest BCUT2D eigenvalue weighted by Gasteiger charge is 2.36. The SMILES string of the molecule is Cc1ccc(Cl)cc1-n1c(C)cc(C=C2C(=N)N3N=C(c4ccccc4F)SC3=NC2=O)c1C.